The lowest BCUT2D eigenvalue weighted by molar-refractivity contribution is -0.126. The number of likely N-dealkylation sites (tertiary alicyclic amines) is 1. The van der Waals surface area contributed by atoms with Gasteiger partial charge in [0.1, 0.15) is 5.78 Å². The first-order valence-corrected chi connectivity index (χ1v) is 6.56. The van der Waals surface area contributed by atoms with Crippen molar-refractivity contribution >= 4 is 17.4 Å². The number of carbonyl (C=O) groups is 1. The van der Waals surface area contributed by atoms with Crippen LogP contribution in [0.15, 0.2) is 24.3 Å². The summed E-state index contributed by atoms with van der Waals surface area (Å²) in [6.45, 7) is 4.75. The monoisotopic (exact) mass is 251 g/mol. The molecule has 17 heavy (non-hydrogen) atoms. The van der Waals surface area contributed by atoms with E-state index in [2.05, 4.69) is 17.9 Å². The summed E-state index contributed by atoms with van der Waals surface area (Å²) in [6, 6.07) is 7.95. The van der Waals surface area contributed by atoms with Crippen molar-refractivity contribution in [1.82, 2.24) is 4.90 Å². The number of carbonyl (C=O) groups excluding carboxylic acids is 1. The van der Waals surface area contributed by atoms with Gasteiger partial charge in [-0.25, -0.2) is 0 Å². The number of ketones is 1. The molecule has 2 nitrogen and oxygen atoms in total. The van der Waals surface area contributed by atoms with Crippen molar-refractivity contribution in [1.29, 1.82) is 0 Å². The molecule has 1 aliphatic heterocycles. The molecule has 0 bridgehead atoms. The van der Waals surface area contributed by atoms with Gasteiger partial charge in [0.05, 0.1) is 0 Å². The minimum absolute atomic E-state index is 0.225. The smallest absolute Gasteiger partial charge is 0.138 e. The zero-order chi connectivity index (χ0) is 12.3. The molecule has 0 spiro atoms. The largest absolute Gasteiger partial charge is 0.299 e. The van der Waals surface area contributed by atoms with Gasteiger partial charge in [0.25, 0.3) is 0 Å². The highest BCUT2D eigenvalue weighted by Gasteiger charge is 2.25. The average Bonchev–Trinajstić information content (AvgIpc) is 2.32. The minimum atomic E-state index is 0.225. The van der Waals surface area contributed by atoms with Crippen LogP contribution < -0.4 is 0 Å². The summed E-state index contributed by atoms with van der Waals surface area (Å²) >= 11 is 5.97. The maximum Gasteiger partial charge on any atom is 0.138 e. The molecule has 1 aromatic rings. The van der Waals surface area contributed by atoms with E-state index in [4.69, 9.17) is 11.6 Å². The van der Waals surface area contributed by atoms with Crippen molar-refractivity contribution in [3.63, 3.8) is 0 Å². The number of piperidine rings is 1. The Morgan fingerprint density at radius 2 is 2.29 bits per heavy atom. The molecule has 0 amide bonds. The van der Waals surface area contributed by atoms with Crippen LogP contribution in [0.4, 0.5) is 0 Å². The Hall–Kier alpha value is -0.860. The number of hydrogen-bond acceptors (Lipinski definition) is 2. The van der Waals surface area contributed by atoms with Crippen LogP contribution in [0.3, 0.4) is 0 Å². The van der Waals surface area contributed by atoms with Crippen molar-refractivity contribution in [2.45, 2.75) is 26.3 Å². The number of benzene rings is 1. The molecule has 1 unspecified atom stereocenters. The maximum absolute atomic E-state index is 11.6. The fourth-order valence-electron chi connectivity index (χ4n) is 2.37. The molecule has 0 aliphatic carbocycles. The molecule has 1 fully saturated rings. The van der Waals surface area contributed by atoms with Crippen molar-refractivity contribution in [3.8, 4) is 0 Å². The molecule has 0 N–H and O–H groups in total. The van der Waals surface area contributed by atoms with Crippen molar-refractivity contribution in [3.05, 3.63) is 34.9 Å². The summed E-state index contributed by atoms with van der Waals surface area (Å²) in [4.78, 5) is 14.0. The third-order valence-corrected chi connectivity index (χ3v) is 3.63. The van der Waals surface area contributed by atoms with Crippen LogP contribution in [-0.2, 0) is 11.3 Å². The lowest BCUT2D eigenvalue weighted by atomic mass is 9.94. The fourth-order valence-corrected chi connectivity index (χ4v) is 2.58. The number of halogens is 1. The highest BCUT2D eigenvalue weighted by atomic mass is 35.5. The van der Waals surface area contributed by atoms with E-state index in [0.717, 1.165) is 31.1 Å². The Balaban J connectivity index is 1.98. The van der Waals surface area contributed by atoms with Crippen LogP contribution in [-0.4, -0.2) is 23.8 Å². The molecule has 3 heteroatoms. The zero-order valence-corrected chi connectivity index (χ0v) is 10.9. The molecule has 1 saturated heterocycles. The Bertz CT molecular complexity index is 405. The number of hydrogen-bond donors (Lipinski definition) is 0. The summed E-state index contributed by atoms with van der Waals surface area (Å²) in [6.07, 6.45) is 1.64. The van der Waals surface area contributed by atoms with Gasteiger partial charge in [-0.15, -0.1) is 0 Å². The van der Waals surface area contributed by atoms with E-state index in [1.54, 1.807) is 0 Å². The first kappa shape index (κ1) is 12.6. The first-order valence-electron chi connectivity index (χ1n) is 6.18. The Morgan fingerprint density at radius 1 is 1.47 bits per heavy atom. The Kier molecular flexibility index (Phi) is 4.19. The van der Waals surface area contributed by atoms with E-state index in [-0.39, 0.29) is 5.92 Å². The summed E-state index contributed by atoms with van der Waals surface area (Å²) in [7, 11) is 0. The summed E-state index contributed by atoms with van der Waals surface area (Å²) in [5, 5.41) is 0.780. The topological polar surface area (TPSA) is 20.3 Å². The van der Waals surface area contributed by atoms with Gasteiger partial charge >= 0.3 is 0 Å². The predicted molar refractivity (Wildman–Crippen MR) is 70.1 cm³/mol. The third-order valence-electron chi connectivity index (χ3n) is 3.40. The van der Waals surface area contributed by atoms with Crippen LogP contribution in [0.1, 0.15) is 25.3 Å². The van der Waals surface area contributed by atoms with Gasteiger partial charge in [-0.3, -0.25) is 9.69 Å². The van der Waals surface area contributed by atoms with Crippen LogP contribution in [0.2, 0.25) is 5.02 Å². The molecule has 1 aromatic carbocycles. The maximum atomic E-state index is 11.6. The standard InChI is InChI=1S/C14H18ClNO/c1-2-12-10-16(7-6-14(12)17)9-11-4-3-5-13(15)8-11/h3-5,8,12H,2,6-7,9-10H2,1H3. The van der Waals surface area contributed by atoms with Gasteiger partial charge in [-0.1, -0.05) is 30.7 Å². The number of Topliss-reactive ketones (excluding diaryl/α,β-unsaturated/α-hetero) is 1. The molecular weight excluding hydrogens is 234 g/mol. The second-order valence-corrected chi connectivity index (χ2v) is 5.12. The summed E-state index contributed by atoms with van der Waals surface area (Å²) in [5.41, 5.74) is 1.22. The van der Waals surface area contributed by atoms with E-state index in [0.29, 0.717) is 12.2 Å². The quantitative estimate of drug-likeness (QED) is 0.823. The van der Waals surface area contributed by atoms with Gasteiger partial charge in [-0.05, 0) is 24.1 Å². The molecule has 1 aliphatic rings. The first-order chi connectivity index (χ1) is 8.19. The molecule has 0 saturated carbocycles. The molecule has 0 aromatic heterocycles. The van der Waals surface area contributed by atoms with Gasteiger partial charge in [0.2, 0.25) is 0 Å². The van der Waals surface area contributed by atoms with E-state index in [9.17, 15) is 4.79 Å². The second-order valence-electron chi connectivity index (χ2n) is 4.69. The second kappa shape index (κ2) is 5.65. The predicted octanol–water partition coefficient (Wildman–Crippen LogP) is 3.14. The van der Waals surface area contributed by atoms with Crippen LogP contribution in [0, 0.1) is 5.92 Å². The van der Waals surface area contributed by atoms with E-state index in [1.165, 1.54) is 5.56 Å². The molecule has 1 atom stereocenters. The third kappa shape index (κ3) is 3.30. The van der Waals surface area contributed by atoms with E-state index >= 15 is 0 Å². The van der Waals surface area contributed by atoms with Crippen LogP contribution >= 0.6 is 11.6 Å². The molecule has 0 radical (unpaired) electrons. The zero-order valence-electron chi connectivity index (χ0n) is 10.2. The molecular formula is C14H18ClNO. The Labute approximate surface area is 108 Å². The van der Waals surface area contributed by atoms with E-state index < -0.39 is 0 Å². The molecule has 1 heterocycles. The fraction of sp³-hybridized carbons (Fsp3) is 0.500. The minimum Gasteiger partial charge on any atom is -0.299 e. The van der Waals surface area contributed by atoms with Gasteiger partial charge in [0, 0.05) is 37.0 Å². The van der Waals surface area contributed by atoms with Gasteiger partial charge in [0.15, 0.2) is 0 Å². The molecule has 2 rings (SSSR count). The highest BCUT2D eigenvalue weighted by molar-refractivity contribution is 6.30. The lowest BCUT2D eigenvalue weighted by Crippen LogP contribution is -2.40. The van der Waals surface area contributed by atoms with E-state index in [1.807, 2.05) is 18.2 Å². The van der Waals surface area contributed by atoms with Gasteiger partial charge in [-0.2, -0.15) is 0 Å². The number of nitrogens with zero attached hydrogens (tertiary/aromatic N) is 1. The average molecular weight is 252 g/mol. The SMILES string of the molecule is CCC1CN(Cc2cccc(Cl)c2)CCC1=O. The summed E-state index contributed by atoms with van der Waals surface area (Å²) < 4.78 is 0. The lowest BCUT2D eigenvalue weighted by Gasteiger charge is -2.31. The Morgan fingerprint density at radius 3 is 3.00 bits per heavy atom. The highest BCUT2D eigenvalue weighted by Crippen LogP contribution is 2.19. The van der Waals surface area contributed by atoms with Crippen molar-refractivity contribution < 1.29 is 4.79 Å². The van der Waals surface area contributed by atoms with Crippen LogP contribution in [0.5, 0.6) is 0 Å². The van der Waals surface area contributed by atoms with Gasteiger partial charge < -0.3 is 0 Å². The van der Waals surface area contributed by atoms with Crippen molar-refractivity contribution in [2.24, 2.45) is 5.92 Å². The number of rotatable bonds is 3. The van der Waals surface area contributed by atoms with Crippen LogP contribution in [0.25, 0.3) is 0 Å². The summed E-state index contributed by atoms with van der Waals surface area (Å²) in [5.74, 6) is 0.651. The normalized spacial score (nSPS) is 21.8. The van der Waals surface area contributed by atoms with Crippen molar-refractivity contribution in [2.75, 3.05) is 13.1 Å². The molecule has 92 valence electrons.